The Labute approximate surface area is 161 Å². The van der Waals surface area contributed by atoms with Gasteiger partial charge < -0.3 is 14.3 Å². The monoisotopic (exact) mass is 376 g/mol. The minimum atomic E-state index is -0.0862. The molecule has 5 rings (SSSR count). The van der Waals surface area contributed by atoms with Crippen molar-refractivity contribution >= 4 is 11.2 Å². The summed E-state index contributed by atoms with van der Waals surface area (Å²) < 4.78 is 13.7. The molecule has 0 amide bonds. The van der Waals surface area contributed by atoms with Gasteiger partial charge in [0.1, 0.15) is 28.9 Å². The molecule has 1 aliphatic rings. The molecule has 4 heterocycles. The summed E-state index contributed by atoms with van der Waals surface area (Å²) in [7, 11) is 0. The molecule has 0 aliphatic carbocycles. The van der Waals surface area contributed by atoms with Crippen LogP contribution in [0.3, 0.4) is 0 Å². The van der Waals surface area contributed by atoms with Gasteiger partial charge in [-0.05, 0) is 50.5 Å². The Bertz CT molecular complexity index is 1140. The van der Waals surface area contributed by atoms with Crippen molar-refractivity contribution in [2.75, 3.05) is 6.61 Å². The molecular formula is C21H20N4O3. The van der Waals surface area contributed by atoms with Crippen LogP contribution in [0.5, 0.6) is 5.75 Å². The summed E-state index contributed by atoms with van der Waals surface area (Å²) in [5.41, 5.74) is 2.79. The number of furan rings is 1. The average Bonchev–Trinajstić information content (AvgIpc) is 3.34. The fourth-order valence-corrected chi connectivity index (χ4v) is 3.59. The van der Waals surface area contributed by atoms with E-state index in [1.54, 1.807) is 24.5 Å². The number of imidazole rings is 1. The van der Waals surface area contributed by atoms with Crippen molar-refractivity contribution in [3.8, 4) is 28.6 Å². The number of benzene rings is 1. The maximum atomic E-state index is 9.94. The summed E-state index contributed by atoms with van der Waals surface area (Å²) in [6, 6.07) is 10.7. The van der Waals surface area contributed by atoms with Crippen molar-refractivity contribution in [3.63, 3.8) is 0 Å². The van der Waals surface area contributed by atoms with Crippen LogP contribution in [-0.2, 0) is 4.74 Å². The second-order valence-electron chi connectivity index (χ2n) is 7.00. The van der Waals surface area contributed by atoms with Crippen LogP contribution < -0.4 is 0 Å². The molecule has 0 spiro atoms. The SMILES string of the molecule is Cc1ccc(-c2nc(-c3cccc(O)c3)c3ncn(C4CCCCO4)c3n2)o1. The molecule has 1 aliphatic heterocycles. The van der Waals surface area contributed by atoms with Crippen LogP contribution in [0, 0.1) is 6.92 Å². The predicted molar refractivity (Wildman–Crippen MR) is 104 cm³/mol. The summed E-state index contributed by atoms with van der Waals surface area (Å²) in [6.45, 7) is 2.62. The first-order valence-electron chi connectivity index (χ1n) is 9.41. The van der Waals surface area contributed by atoms with E-state index in [-0.39, 0.29) is 12.0 Å². The van der Waals surface area contributed by atoms with E-state index in [1.807, 2.05) is 29.7 Å². The molecule has 1 aromatic carbocycles. The van der Waals surface area contributed by atoms with Crippen LogP contribution in [0.1, 0.15) is 31.3 Å². The third kappa shape index (κ3) is 2.93. The van der Waals surface area contributed by atoms with Gasteiger partial charge in [0.25, 0.3) is 0 Å². The van der Waals surface area contributed by atoms with Crippen molar-refractivity contribution in [1.82, 2.24) is 19.5 Å². The van der Waals surface area contributed by atoms with E-state index in [0.29, 0.717) is 28.4 Å². The number of nitrogens with zero attached hydrogens (tertiary/aromatic N) is 4. The van der Waals surface area contributed by atoms with Crippen LogP contribution in [0.15, 0.2) is 47.1 Å². The topological polar surface area (TPSA) is 86.2 Å². The van der Waals surface area contributed by atoms with Gasteiger partial charge in [-0.15, -0.1) is 0 Å². The molecule has 1 unspecified atom stereocenters. The maximum Gasteiger partial charge on any atom is 0.198 e. The van der Waals surface area contributed by atoms with Crippen molar-refractivity contribution in [1.29, 1.82) is 0 Å². The highest BCUT2D eigenvalue weighted by Crippen LogP contribution is 2.33. The zero-order valence-electron chi connectivity index (χ0n) is 15.5. The number of phenolic OH excluding ortho intramolecular Hbond substituents is 1. The molecular weight excluding hydrogens is 356 g/mol. The average molecular weight is 376 g/mol. The Kier molecular flexibility index (Phi) is 4.09. The Balaban J connectivity index is 1.74. The molecule has 7 heteroatoms. The van der Waals surface area contributed by atoms with E-state index >= 15 is 0 Å². The summed E-state index contributed by atoms with van der Waals surface area (Å²) in [4.78, 5) is 14.1. The van der Waals surface area contributed by atoms with Gasteiger partial charge in [-0.25, -0.2) is 15.0 Å². The molecule has 7 nitrogen and oxygen atoms in total. The first-order valence-corrected chi connectivity index (χ1v) is 9.41. The number of aromatic nitrogens is 4. The second-order valence-corrected chi connectivity index (χ2v) is 7.00. The molecule has 0 saturated carbocycles. The third-order valence-electron chi connectivity index (χ3n) is 4.97. The Morgan fingerprint density at radius 2 is 2.07 bits per heavy atom. The summed E-state index contributed by atoms with van der Waals surface area (Å²) in [5, 5.41) is 9.94. The van der Waals surface area contributed by atoms with Crippen molar-refractivity contribution in [2.24, 2.45) is 0 Å². The van der Waals surface area contributed by atoms with Gasteiger partial charge in [-0.2, -0.15) is 0 Å². The predicted octanol–water partition coefficient (Wildman–Crippen LogP) is 4.47. The lowest BCUT2D eigenvalue weighted by atomic mass is 10.1. The molecule has 0 bridgehead atoms. The first-order chi connectivity index (χ1) is 13.7. The quantitative estimate of drug-likeness (QED) is 0.568. The Hall–Kier alpha value is -3.19. The molecule has 142 valence electrons. The third-order valence-corrected chi connectivity index (χ3v) is 4.97. The zero-order chi connectivity index (χ0) is 19.1. The van der Waals surface area contributed by atoms with Crippen LogP contribution in [-0.4, -0.2) is 31.2 Å². The molecule has 1 fully saturated rings. The smallest absolute Gasteiger partial charge is 0.198 e. The van der Waals surface area contributed by atoms with E-state index in [9.17, 15) is 5.11 Å². The van der Waals surface area contributed by atoms with Crippen LogP contribution in [0.4, 0.5) is 0 Å². The molecule has 28 heavy (non-hydrogen) atoms. The fourth-order valence-electron chi connectivity index (χ4n) is 3.59. The highest BCUT2D eigenvalue weighted by atomic mass is 16.5. The van der Waals surface area contributed by atoms with Gasteiger partial charge >= 0.3 is 0 Å². The summed E-state index contributed by atoms with van der Waals surface area (Å²) >= 11 is 0. The molecule has 1 saturated heterocycles. The zero-order valence-corrected chi connectivity index (χ0v) is 15.5. The lowest BCUT2D eigenvalue weighted by Crippen LogP contribution is -2.17. The van der Waals surface area contributed by atoms with E-state index < -0.39 is 0 Å². The summed E-state index contributed by atoms with van der Waals surface area (Å²) in [5.74, 6) is 2.05. The largest absolute Gasteiger partial charge is 0.508 e. The number of rotatable bonds is 3. The Morgan fingerprint density at radius 3 is 2.82 bits per heavy atom. The van der Waals surface area contributed by atoms with Crippen LogP contribution in [0.2, 0.25) is 0 Å². The normalized spacial score (nSPS) is 17.2. The van der Waals surface area contributed by atoms with E-state index in [2.05, 4.69) is 4.98 Å². The van der Waals surface area contributed by atoms with Crippen molar-refractivity contribution in [3.05, 3.63) is 48.5 Å². The molecule has 3 aromatic heterocycles. The molecule has 0 radical (unpaired) electrons. The first kappa shape index (κ1) is 16.9. The number of hydrogen-bond donors (Lipinski definition) is 1. The van der Waals surface area contributed by atoms with E-state index in [0.717, 1.165) is 37.2 Å². The van der Waals surface area contributed by atoms with Crippen LogP contribution >= 0.6 is 0 Å². The Morgan fingerprint density at radius 1 is 1.14 bits per heavy atom. The number of fused-ring (bicyclic) bond motifs is 1. The van der Waals surface area contributed by atoms with Gasteiger partial charge in [0.2, 0.25) is 0 Å². The van der Waals surface area contributed by atoms with Gasteiger partial charge in [0, 0.05) is 12.2 Å². The molecule has 1 N–H and O–H groups in total. The lowest BCUT2D eigenvalue weighted by molar-refractivity contribution is -0.0298. The second kappa shape index (κ2) is 6.76. The van der Waals surface area contributed by atoms with Gasteiger partial charge in [-0.1, -0.05) is 12.1 Å². The minimum absolute atomic E-state index is 0.0862. The number of hydrogen-bond acceptors (Lipinski definition) is 6. The molecule has 1 atom stereocenters. The van der Waals surface area contributed by atoms with Gasteiger partial charge in [-0.3, -0.25) is 4.57 Å². The fraction of sp³-hybridized carbons (Fsp3) is 0.286. The number of ether oxygens (including phenoxy) is 1. The van der Waals surface area contributed by atoms with E-state index in [4.69, 9.17) is 19.1 Å². The van der Waals surface area contributed by atoms with Crippen molar-refractivity contribution in [2.45, 2.75) is 32.4 Å². The summed E-state index contributed by atoms with van der Waals surface area (Å²) in [6.07, 6.45) is 4.78. The number of aromatic hydroxyl groups is 1. The van der Waals surface area contributed by atoms with Gasteiger partial charge in [0.05, 0.1) is 6.33 Å². The van der Waals surface area contributed by atoms with Crippen LogP contribution in [0.25, 0.3) is 34.0 Å². The van der Waals surface area contributed by atoms with Crippen molar-refractivity contribution < 1.29 is 14.3 Å². The van der Waals surface area contributed by atoms with E-state index in [1.165, 1.54) is 0 Å². The number of aryl methyl sites for hydroxylation is 1. The van der Waals surface area contributed by atoms with Gasteiger partial charge in [0.15, 0.2) is 17.2 Å². The highest BCUT2D eigenvalue weighted by Gasteiger charge is 2.23. The molecule has 4 aromatic rings. The minimum Gasteiger partial charge on any atom is -0.508 e. The maximum absolute atomic E-state index is 9.94. The standard InChI is InChI=1S/C21H20N4O3/c1-13-8-9-16(28-13)20-23-18(14-5-4-6-15(26)11-14)19-21(24-20)25(12-22-19)17-7-2-3-10-27-17/h4-6,8-9,11-12,17,26H,2-3,7,10H2,1H3. The lowest BCUT2D eigenvalue weighted by Gasteiger charge is -2.23. The number of phenols is 1. The highest BCUT2D eigenvalue weighted by molar-refractivity contribution is 5.89.